The van der Waals surface area contributed by atoms with Gasteiger partial charge < -0.3 is 5.32 Å². The van der Waals surface area contributed by atoms with Crippen molar-refractivity contribution in [2.75, 3.05) is 19.6 Å². The first-order chi connectivity index (χ1) is 9.15. The Morgan fingerprint density at radius 1 is 1.16 bits per heavy atom. The fourth-order valence-electron chi connectivity index (χ4n) is 2.91. The Labute approximate surface area is 118 Å². The van der Waals surface area contributed by atoms with E-state index in [2.05, 4.69) is 55.3 Å². The molecule has 2 nitrogen and oxygen atoms in total. The van der Waals surface area contributed by atoms with Crippen LogP contribution in [-0.2, 0) is 6.54 Å². The molecule has 0 saturated carbocycles. The summed E-state index contributed by atoms with van der Waals surface area (Å²) in [5, 5.41) is 3.47. The van der Waals surface area contributed by atoms with Crippen LogP contribution in [-0.4, -0.2) is 30.6 Å². The molecule has 2 rings (SSSR count). The van der Waals surface area contributed by atoms with Crippen LogP contribution in [0.4, 0.5) is 0 Å². The first-order valence-electron chi connectivity index (χ1n) is 7.65. The van der Waals surface area contributed by atoms with Crippen LogP contribution >= 0.6 is 0 Å². The second-order valence-corrected chi connectivity index (χ2v) is 6.29. The van der Waals surface area contributed by atoms with Crippen LogP contribution in [0.25, 0.3) is 0 Å². The molecule has 0 unspecified atom stereocenters. The highest BCUT2D eigenvalue weighted by atomic mass is 15.2. The van der Waals surface area contributed by atoms with Crippen molar-refractivity contribution in [1.82, 2.24) is 10.2 Å². The molecule has 106 valence electrons. The third-order valence-electron chi connectivity index (χ3n) is 3.93. The Bertz CT molecular complexity index is 363. The van der Waals surface area contributed by atoms with Crippen LogP contribution in [0.1, 0.15) is 37.8 Å². The summed E-state index contributed by atoms with van der Waals surface area (Å²) in [6.07, 6.45) is 2.58. The smallest absolute Gasteiger partial charge is 0.0236 e. The summed E-state index contributed by atoms with van der Waals surface area (Å²) in [5.41, 5.74) is 2.80. The Balaban J connectivity index is 2.01. The van der Waals surface area contributed by atoms with Crippen molar-refractivity contribution in [3.8, 4) is 0 Å². The maximum atomic E-state index is 3.47. The Morgan fingerprint density at radius 2 is 1.79 bits per heavy atom. The van der Waals surface area contributed by atoms with Gasteiger partial charge in [0, 0.05) is 19.1 Å². The van der Waals surface area contributed by atoms with Gasteiger partial charge in [-0.15, -0.1) is 0 Å². The molecule has 1 aromatic rings. The number of piperidine rings is 1. The second-order valence-electron chi connectivity index (χ2n) is 6.29. The predicted molar refractivity (Wildman–Crippen MR) is 82.3 cm³/mol. The van der Waals surface area contributed by atoms with E-state index < -0.39 is 0 Å². The summed E-state index contributed by atoms with van der Waals surface area (Å²) in [4.78, 5) is 2.69. The van der Waals surface area contributed by atoms with Crippen molar-refractivity contribution >= 4 is 0 Å². The standard InChI is InChI=1S/C17H28N2/c1-14(2)12-19(17-8-10-18-11-9-17)13-16-6-4-15(3)5-7-16/h4-7,14,17-18H,8-13H2,1-3H3. The number of aryl methyl sites for hydroxylation is 1. The van der Waals surface area contributed by atoms with Gasteiger partial charge in [-0.2, -0.15) is 0 Å². The van der Waals surface area contributed by atoms with Crippen LogP contribution in [0, 0.1) is 12.8 Å². The van der Waals surface area contributed by atoms with Gasteiger partial charge in [-0.25, -0.2) is 0 Å². The Morgan fingerprint density at radius 3 is 2.37 bits per heavy atom. The predicted octanol–water partition coefficient (Wildman–Crippen LogP) is 3.21. The minimum atomic E-state index is 0.736. The van der Waals surface area contributed by atoms with E-state index in [9.17, 15) is 0 Å². The Hall–Kier alpha value is -0.860. The van der Waals surface area contributed by atoms with Crippen molar-refractivity contribution < 1.29 is 0 Å². The van der Waals surface area contributed by atoms with Gasteiger partial charge >= 0.3 is 0 Å². The first-order valence-corrected chi connectivity index (χ1v) is 7.65. The Kier molecular flexibility index (Phi) is 5.41. The van der Waals surface area contributed by atoms with Gasteiger partial charge in [0.2, 0.25) is 0 Å². The zero-order valence-corrected chi connectivity index (χ0v) is 12.7. The lowest BCUT2D eigenvalue weighted by Crippen LogP contribution is -2.44. The van der Waals surface area contributed by atoms with Gasteiger partial charge in [-0.1, -0.05) is 43.7 Å². The monoisotopic (exact) mass is 260 g/mol. The third-order valence-corrected chi connectivity index (χ3v) is 3.93. The third kappa shape index (κ3) is 4.63. The van der Waals surface area contributed by atoms with E-state index in [1.165, 1.54) is 43.6 Å². The molecule has 19 heavy (non-hydrogen) atoms. The summed E-state index contributed by atoms with van der Waals surface area (Å²) in [7, 11) is 0. The number of nitrogens with one attached hydrogen (secondary N) is 1. The molecule has 0 spiro atoms. The number of hydrogen-bond donors (Lipinski definition) is 1. The number of hydrogen-bond acceptors (Lipinski definition) is 2. The topological polar surface area (TPSA) is 15.3 Å². The molecule has 1 aliphatic heterocycles. The van der Waals surface area contributed by atoms with Gasteiger partial charge in [-0.3, -0.25) is 4.90 Å². The van der Waals surface area contributed by atoms with Crippen molar-refractivity contribution in [1.29, 1.82) is 0 Å². The van der Waals surface area contributed by atoms with Crippen molar-refractivity contribution in [2.45, 2.75) is 46.2 Å². The second kappa shape index (κ2) is 7.06. The molecule has 1 heterocycles. The minimum absolute atomic E-state index is 0.736. The molecule has 1 fully saturated rings. The van der Waals surface area contributed by atoms with Gasteiger partial charge in [0.15, 0.2) is 0 Å². The number of rotatable bonds is 5. The van der Waals surface area contributed by atoms with Crippen LogP contribution in [0.15, 0.2) is 24.3 Å². The van der Waals surface area contributed by atoms with Gasteiger partial charge in [-0.05, 0) is 44.3 Å². The summed E-state index contributed by atoms with van der Waals surface area (Å²) in [6, 6.07) is 9.77. The summed E-state index contributed by atoms with van der Waals surface area (Å²) < 4.78 is 0. The fourth-order valence-corrected chi connectivity index (χ4v) is 2.91. The molecule has 1 aliphatic rings. The van der Waals surface area contributed by atoms with Gasteiger partial charge in [0.05, 0.1) is 0 Å². The molecule has 2 heteroatoms. The average molecular weight is 260 g/mol. The van der Waals surface area contributed by atoms with E-state index in [1.807, 2.05) is 0 Å². The molecule has 0 amide bonds. The zero-order chi connectivity index (χ0) is 13.7. The summed E-state index contributed by atoms with van der Waals surface area (Å²) >= 11 is 0. The van der Waals surface area contributed by atoms with Gasteiger partial charge in [0.1, 0.15) is 0 Å². The maximum absolute atomic E-state index is 3.47. The van der Waals surface area contributed by atoms with Crippen molar-refractivity contribution in [3.05, 3.63) is 35.4 Å². The van der Waals surface area contributed by atoms with E-state index in [0.717, 1.165) is 18.5 Å². The normalized spacial score (nSPS) is 17.3. The van der Waals surface area contributed by atoms with E-state index in [4.69, 9.17) is 0 Å². The molecule has 1 saturated heterocycles. The minimum Gasteiger partial charge on any atom is -0.317 e. The fraction of sp³-hybridized carbons (Fsp3) is 0.647. The number of nitrogens with zero attached hydrogens (tertiary/aromatic N) is 1. The maximum Gasteiger partial charge on any atom is 0.0236 e. The highest BCUT2D eigenvalue weighted by Crippen LogP contribution is 2.17. The van der Waals surface area contributed by atoms with E-state index >= 15 is 0 Å². The highest BCUT2D eigenvalue weighted by Gasteiger charge is 2.21. The molecule has 0 aromatic heterocycles. The molecule has 0 atom stereocenters. The molecule has 1 aromatic carbocycles. The summed E-state index contributed by atoms with van der Waals surface area (Å²) in [6.45, 7) is 11.5. The highest BCUT2D eigenvalue weighted by molar-refractivity contribution is 5.21. The van der Waals surface area contributed by atoms with Crippen molar-refractivity contribution in [3.63, 3.8) is 0 Å². The molecular formula is C17H28N2. The lowest BCUT2D eigenvalue weighted by atomic mass is 10.0. The summed E-state index contributed by atoms with van der Waals surface area (Å²) in [5.74, 6) is 0.736. The number of benzene rings is 1. The van der Waals surface area contributed by atoms with Crippen LogP contribution in [0.3, 0.4) is 0 Å². The lowest BCUT2D eigenvalue weighted by Gasteiger charge is -2.35. The SMILES string of the molecule is Cc1ccc(CN(CC(C)C)C2CCNCC2)cc1. The van der Waals surface area contributed by atoms with Gasteiger partial charge in [0.25, 0.3) is 0 Å². The van der Waals surface area contributed by atoms with Crippen LogP contribution < -0.4 is 5.32 Å². The van der Waals surface area contributed by atoms with Crippen LogP contribution in [0.5, 0.6) is 0 Å². The molecule has 1 N–H and O–H groups in total. The molecule has 0 aliphatic carbocycles. The quantitative estimate of drug-likeness (QED) is 0.874. The first kappa shape index (κ1) is 14.5. The van der Waals surface area contributed by atoms with E-state index in [-0.39, 0.29) is 0 Å². The lowest BCUT2D eigenvalue weighted by molar-refractivity contribution is 0.137. The zero-order valence-electron chi connectivity index (χ0n) is 12.7. The molecule has 0 radical (unpaired) electrons. The molecular weight excluding hydrogens is 232 g/mol. The van der Waals surface area contributed by atoms with E-state index in [1.54, 1.807) is 0 Å². The van der Waals surface area contributed by atoms with E-state index in [0.29, 0.717) is 0 Å². The van der Waals surface area contributed by atoms with Crippen LogP contribution in [0.2, 0.25) is 0 Å². The molecule has 0 bridgehead atoms. The largest absolute Gasteiger partial charge is 0.317 e. The average Bonchev–Trinajstić information content (AvgIpc) is 2.41. The van der Waals surface area contributed by atoms with Crippen molar-refractivity contribution in [2.24, 2.45) is 5.92 Å².